The highest BCUT2D eigenvalue weighted by atomic mass is 35.5. The first-order valence-corrected chi connectivity index (χ1v) is 8.70. The molecule has 1 fully saturated rings. The molecular weight excluding hydrogens is 282 g/mol. The molecule has 1 saturated heterocycles. The first-order chi connectivity index (χ1) is 9.07. The number of rotatable bonds is 4. The minimum atomic E-state index is -3.33. The van der Waals surface area contributed by atoms with Gasteiger partial charge in [-0.05, 0) is 36.5 Å². The number of alkyl halides is 1. The molecule has 0 aromatic heterocycles. The molecule has 1 aromatic rings. The van der Waals surface area contributed by atoms with E-state index in [1.807, 2.05) is 0 Å². The fourth-order valence-electron chi connectivity index (χ4n) is 2.46. The molecule has 0 amide bonds. The Bertz CT molecular complexity index is 505. The van der Waals surface area contributed by atoms with E-state index < -0.39 is 10.0 Å². The molecule has 2 rings (SSSR count). The number of hydrogen-bond acceptors (Lipinski definition) is 2. The molecule has 1 aliphatic heterocycles. The average Bonchev–Trinajstić information content (AvgIpc) is 2.47. The summed E-state index contributed by atoms with van der Waals surface area (Å²) in [6.45, 7) is 3.44. The van der Waals surface area contributed by atoms with Crippen LogP contribution in [0.2, 0.25) is 0 Å². The van der Waals surface area contributed by atoms with Crippen molar-refractivity contribution >= 4 is 21.6 Å². The van der Waals surface area contributed by atoms with Gasteiger partial charge in [0.15, 0.2) is 0 Å². The predicted molar refractivity (Wildman–Crippen MR) is 77.8 cm³/mol. The van der Waals surface area contributed by atoms with Crippen LogP contribution in [0.25, 0.3) is 0 Å². The van der Waals surface area contributed by atoms with Gasteiger partial charge >= 0.3 is 0 Å². The van der Waals surface area contributed by atoms with Crippen LogP contribution in [-0.4, -0.2) is 25.8 Å². The highest BCUT2D eigenvalue weighted by molar-refractivity contribution is 7.89. The Morgan fingerprint density at radius 1 is 1.21 bits per heavy atom. The van der Waals surface area contributed by atoms with Crippen molar-refractivity contribution in [1.82, 2.24) is 4.31 Å². The van der Waals surface area contributed by atoms with Crippen LogP contribution in [0.4, 0.5) is 0 Å². The minimum Gasteiger partial charge on any atom is -0.207 e. The van der Waals surface area contributed by atoms with Crippen LogP contribution in [0.1, 0.15) is 31.7 Å². The lowest BCUT2D eigenvalue weighted by atomic mass is 9.96. The maximum Gasteiger partial charge on any atom is 0.243 e. The summed E-state index contributed by atoms with van der Waals surface area (Å²) in [5.74, 6) is 1.08. The molecule has 3 nitrogen and oxygen atoms in total. The van der Waals surface area contributed by atoms with E-state index in [2.05, 4.69) is 6.92 Å². The van der Waals surface area contributed by atoms with Crippen molar-refractivity contribution in [3.63, 3.8) is 0 Å². The van der Waals surface area contributed by atoms with Gasteiger partial charge in [-0.15, -0.1) is 11.6 Å². The highest BCUT2D eigenvalue weighted by Crippen LogP contribution is 2.25. The summed E-state index contributed by atoms with van der Waals surface area (Å²) < 4.78 is 26.6. The highest BCUT2D eigenvalue weighted by Gasteiger charge is 2.28. The van der Waals surface area contributed by atoms with Crippen molar-refractivity contribution in [2.24, 2.45) is 5.92 Å². The third-order valence-electron chi connectivity index (χ3n) is 3.87. The first-order valence-electron chi connectivity index (χ1n) is 6.73. The summed E-state index contributed by atoms with van der Waals surface area (Å²) >= 11 is 5.71. The SMILES string of the molecule is CCC1CCN(S(=O)(=O)c2ccc(CCl)cc2)CC1. The maximum absolute atomic E-state index is 12.5. The third kappa shape index (κ3) is 3.30. The zero-order valence-electron chi connectivity index (χ0n) is 11.2. The van der Waals surface area contributed by atoms with Crippen LogP contribution >= 0.6 is 11.6 Å². The Morgan fingerprint density at radius 2 is 1.79 bits per heavy atom. The van der Waals surface area contributed by atoms with Gasteiger partial charge in [0.1, 0.15) is 0 Å². The second kappa shape index (κ2) is 6.25. The van der Waals surface area contributed by atoms with Gasteiger partial charge in [-0.3, -0.25) is 0 Å². The first kappa shape index (κ1) is 14.8. The molecule has 0 spiro atoms. The zero-order valence-corrected chi connectivity index (χ0v) is 12.8. The number of benzene rings is 1. The van der Waals surface area contributed by atoms with E-state index in [1.165, 1.54) is 0 Å². The van der Waals surface area contributed by atoms with Crippen LogP contribution in [0.3, 0.4) is 0 Å². The van der Waals surface area contributed by atoms with Gasteiger partial charge in [0.25, 0.3) is 0 Å². The lowest BCUT2D eigenvalue weighted by Gasteiger charge is -2.30. The van der Waals surface area contributed by atoms with Gasteiger partial charge in [-0.1, -0.05) is 25.5 Å². The Hall–Kier alpha value is -0.580. The predicted octanol–water partition coefficient (Wildman–Crippen LogP) is 3.24. The van der Waals surface area contributed by atoms with Crippen LogP contribution in [0, 0.1) is 5.92 Å². The molecule has 0 atom stereocenters. The number of sulfonamides is 1. The van der Waals surface area contributed by atoms with Gasteiger partial charge in [-0.2, -0.15) is 4.31 Å². The van der Waals surface area contributed by atoms with Gasteiger partial charge in [0, 0.05) is 19.0 Å². The number of nitrogens with zero attached hydrogens (tertiary/aromatic N) is 1. The third-order valence-corrected chi connectivity index (χ3v) is 6.09. The Kier molecular flexibility index (Phi) is 4.87. The molecule has 19 heavy (non-hydrogen) atoms. The Labute approximate surface area is 120 Å². The van der Waals surface area contributed by atoms with E-state index in [0.29, 0.717) is 29.8 Å². The molecule has 0 N–H and O–H groups in total. The summed E-state index contributed by atoms with van der Waals surface area (Å²) in [4.78, 5) is 0.372. The largest absolute Gasteiger partial charge is 0.243 e. The molecule has 1 aromatic carbocycles. The molecule has 0 saturated carbocycles. The van der Waals surface area contributed by atoms with E-state index in [9.17, 15) is 8.42 Å². The quantitative estimate of drug-likeness (QED) is 0.801. The topological polar surface area (TPSA) is 37.4 Å². The van der Waals surface area contributed by atoms with E-state index in [0.717, 1.165) is 24.8 Å². The molecule has 1 aliphatic rings. The summed E-state index contributed by atoms with van der Waals surface area (Å²) in [5.41, 5.74) is 0.935. The van der Waals surface area contributed by atoms with E-state index in [-0.39, 0.29) is 0 Å². The average molecular weight is 302 g/mol. The number of halogens is 1. The van der Waals surface area contributed by atoms with Crippen molar-refractivity contribution < 1.29 is 8.42 Å². The number of hydrogen-bond donors (Lipinski definition) is 0. The van der Waals surface area contributed by atoms with Crippen molar-refractivity contribution in [3.8, 4) is 0 Å². The minimum absolute atomic E-state index is 0.372. The Morgan fingerprint density at radius 3 is 2.26 bits per heavy atom. The van der Waals surface area contributed by atoms with Crippen molar-refractivity contribution in [1.29, 1.82) is 0 Å². The van der Waals surface area contributed by atoms with Gasteiger partial charge in [0.05, 0.1) is 4.90 Å². The Balaban J connectivity index is 2.13. The lowest BCUT2D eigenvalue weighted by Crippen LogP contribution is -2.38. The summed E-state index contributed by atoms with van der Waals surface area (Å²) in [7, 11) is -3.33. The van der Waals surface area contributed by atoms with E-state index >= 15 is 0 Å². The van der Waals surface area contributed by atoms with Crippen molar-refractivity contribution in [3.05, 3.63) is 29.8 Å². The molecule has 0 bridgehead atoms. The van der Waals surface area contributed by atoms with Crippen LogP contribution in [0.5, 0.6) is 0 Å². The van der Waals surface area contributed by atoms with Gasteiger partial charge in [-0.25, -0.2) is 8.42 Å². The monoisotopic (exact) mass is 301 g/mol. The molecule has 0 radical (unpaired) electrons. The maximum atomic E-state index is 12.5. The molecule has 0 unspecified atom stereocenters. The molecule has 0 aliphatic carbocycles. The standard InChI is InChI=1S/C14H20ClNO2S/c1-2-12-7-9-16(10-8-12)19(17,18)14-5-3-13(11-15)4-6-14/h3-6,12H,2,7-11H2,1H3. The fourth-order valence-corrected chi connectivity index (χ4v) is 4.11. The lowest BCUT2D eigenvalue weighted by molar-refractivity contribution is 0.269. The molecule has 1 heterocycles. The second-order valence-corrected chi connectivity index (χ2v) is 7.24. The van der Waals surface area contributed by atoms with E-state index in [4.69, 9.17) is 11.6 Å². The summed E-state index contributed by atoms with van der Waals surface area (Å²) in [6.07, 6.45) is 3.07. The summed E-state index contributed by atoms with van der Waals surface area (Å²) in [5, 5.41) is 0. The molecule has 5 heteroatoms. The van der Waals surface area contributed by atoms with E-state index in [1.54, 1.807) is 28.6 Å². The van der Waals surface area contributed by atoms with Crippen LogP contribution in [0.15, 0.2) is 29.2 Å². The molecule has 106 valence electrons. The van der Waals surface area contributed by atoms with Crippen molar-refractivity contribution in [2.75, 3.05) is 13.1 Å². The normalized spacial score (nSPS) is 18.6. The zero-order chi connectivity index (χ0) is 13.9. The smallest absolute Gasteiger partial charge is 0.207 e. The fraction of sp³-hybridized carbons (Fsp3) is 0.571. The van der Waals surface area contributed by atoms with Gasteiger partial charge in [0.2, 0.25) is 10.0 Å². The van der Waals surface area contributed by atoms with Crippen LogP contribution < -0.4 is 0 Å². The van der Waals surface area contributed by atoms with Gasteiger partial charge < -0.3 is 0 Å². The van der Waals surface area contributed by atoms with Crippen molar-refractivity contribution in [2.45, 2.75) is 37.0 Å². The second-order valence-electron chi connectivity index (χ2n) is 5.03. The van der Waals surface area contributed by atoms with Crippen LogP contribution in [-0.2, 0) is 15.9 Å². The number of piperidine rings is 1. The molecular formula is C14H20ClNO2S. The summed E-state index contributed by atoms with van der Waals surface area (Å²) in [6, 6.07) is 6.86.